The predicted octanol–water partition coefficient (Wildman–Crippen LogP) is 3.08. The quantitative estimate of drug-likeness (QED) is 0.631. The number of rotatable bonds is 6. The second-order valence-corrected chi connectivity index (χ2v) is 4.85. The number of ether oxygens (including phenoxy) is 1. The van der Waals surface area contributed by atoms with Gasteiger partial charge in [-0.05, 0) is 44.2 Å². The van der Waals surface area contributed by atoms with Crippen molar-refractivity contribution in [3.05, 3.63) is 47.9 Å². The first-order chi connectivity index (χ1) is 10.1. The maximum absolute atomic E-state index is 11.8. The van der Waals surface area contributed by atoms with Crippen LogP contribution in [-0.4, -0.2) is 18.6 Å². The summed E-state index contributed by atoms with van der Waals surface area (Å²) in [4.78, 5) is 11.8. The first-order valence-corrected chi connectivity index (χ1v) is 6.95. The lowest BCUT2D eigenvalue weighted by atomic mass is 10.1. The lowest BCUT2D eigenvalue weighted by Gasteiger charge is -2.15. The summed E-state index contributed by atoms with van der Waals surface area (Å²) in [5.74, 6) is 0.508. The smallest absolute Gasteiger partial charge is 0.340 e. The van der Waals surface area contributed by atoms with Crippen LogP contribution in [0.15, 0.2) is 41.0 Å². The van der Waals surface area contributed by atoms with Gasteiger partial charge in [-0.2, -0.15) is 0 Å². The molecule has 1 aromatic heterocycles. The molecule has 1 heterocycles. The number of hydrogen-bond acceptors (Lipinski definition) is 5. The molecule has 5 nitrogen and oxygen atoms in total. The molecule has 1 atom stereocenters. The SMILES string of the molecule is CCOC(=O)c1cc(NC(C)Cc2ccco2)ccc1N. The number of benzene rings is 1. The van der Waals surface area contributed by atoms with Gasteiger partial charge in [-0.1, -0.05) is 0 Å². The van der Waals surface area contributed by atoms with Gasteiger partial charge in [-0.25, -0.2) is 4.79 Å². The van der Waals surface area contributed by atoms with E-state index in [9.17, 15) is 4.79 Å². The van der Waals surface area contributed by atoms with E-state index in [-0.39, 0.29) is 6.04 Å². The largest absolute Gasteiger partial charge is 0.469 e. The summed E-state index contributed by atoms with van der Waals surface area (Å²) in [6, 6.07) is 9.22. The second-order valence-electron chi connectivity index (χ2n) is 4.85. The average molecular weight is 288 g/mol. The minimum atomic E-state index is -0.405. The van der Waals surface area contributed by atoms with Crippen LogP contribution in [0.4, 0.5) is 11.4 Å². The van der Waals surface area contributed by atoms with E-state index in [0.29, 0.717) is 17.9 Å². The molecular weight excluding hydrogens is 268 g/mol. The Balaban J connectivity index is 2.06. The summed E-state index contributed by atoms with van der Waals surface area (Å²) in [7, 11) is 0. The van der Waals surface area contributed by atoms with Crippen LogP contribution in [0.5, 0.6) is 0 Å². The van der Waals surface area contributed by atoms with Gasteiger partial charge in [0.2, 0.25) is 0 Å². The molecule has 0 aliphatic rings. The fourth-order valence-electron chi connectivity index (χ4n) is 2.10. The Morgan fingerprint density at radius 1 is 1.43 bits per heavy atom. The summed E-state index contributed by atoms with van der Waals surface area (Å²) >= 11 is 0. The van der Waals surface area contributed by atoms with Gasteiger partial charge in [0.15, 0.2) is 0 Å². The molecule has 0 amide bonds. The highest BCUT2D eigenvalue weighted by Crippen LogP contribution is 2.20. The van der Waals surface area contributed by atoms with Gasteiger partial charge in [-0.3, -0.25) is 0 Å². The molecule has 5 heteroatoms. The highest BCUT2D eigenvalue weighted by molar-refractivity contribution is 5.96. The van der Waals surface area contributed by atoms with E-state index in [4.69, 9.17) is 14.9 Å². The fraction of sp³-hybridized carbons (Fsp3) is 0.312. The average Bonchev–Trinajstić information content (AvgIpc) is 2.94. The molecule has 0 aliphatic heterocycles. The van der Waals surface area contributed by atoms with Crippen molar-refractivity contribution in [3.63, 3.8) is 0 Å². The molecular formula is C16H20N2O3. The van der Waals surface area contributed by atoms with Gasteiger partial charge < -0.3 is 20.2 Å². The molecule has 1 unspecified atom stereocenters. The fourth-order valence-corrected chi connectivity index (χ4v) is 2.10. The van der Waals surface area contributed by atoms with Gasteiger partial charge in [0.05, 0.1) is 18.4 Å². The number of nitrogen functional groups attached to an aromatic ring is 1. The lowest BCUT2D eigenvalue weighted by molar-refractivity contribution is 0.0527. The van der Waals surface area contributed by atoms with Crippen LogP contribution in [0.3, 0.4) is 0 Å². The number of carbonyl (C=O) groups is 1. The van der Waals surface area contributed by atoms with Crippen molar-refractivity contribution in [2.75, 3.05) is 17.7 Å². The van der Waals surface area contributed by atoms with Gasteiger partial charge in [-0.15, -0.1) is 0 Å². The van der Waals surface area contributed by atoms with E-state index in [0.717, 1.165) is 17.9 Å². The lowest BCUT2D eigenvalue weighted by Crippen LogP contribution is -2.18. The van der Waals surface area contributed by atoms with E-state index in [1.165, 1.54) is 0 Å². The van der Waals surface area contributed by atoms with E-state index in [1.807, 2.05) is 25.1 Å². The summed E-state index contributed by atoms with van der Waals surface area (Å²) in [6.07, 6.45) is 2.41. The Labute approximate surface area is 124 Å². The van der Waals surface area contributed by atoms with Crippen LogP contribution in [-0.2, 0) is 11.2 Å². The zero-order chi connectivity index (χ0) is 15.2. The minimum Gasteiger partial charge on any atom is -0.469 e. The van der Waals surface area contributed by atoms with Crippen LogP contribution >= 0.6 is 0 Å². The molecule has 1 aromatic carbocycles. The monoisotopic (exact) mass is 288 g/mol. The summed E-state index contributed by atoms with van der Waals surface area (Å²) in [6.45, 7) is 4.13. The molecule has 0 aliphatic carbocycles. The number of anilines is 2. The van der Waals surface area contributed by atoms with Crippen molar-refractivity contribution in [2.24, 2.45) is 0 Å². The third-order valence-electron chi connectivity index (χ3n) is 3.05. The number of nitrogens with one attached hydrogen (secondary N) is 1. The number of esters is 1. The predicted molar refractivity (Wildman–Crippen MR) is 82.3 cm³/mol. The van der Waals surface area contributed by atoms with Gasteiger partial charge in [0, 0.05) is 23.8 Å². The normalized spacial score (nSPS) is 11.9. The Hall–Kier alpha value is -2.43. The maximum atomic E-state index is 11.8. The van der Waals surface area contributed by atoms with Crippen molar-refractivity contribution >= 4 is 17.3 Å². The number of hydrogen-bond donors (Lipinski definition) is 2. The molecule has 112 valence electrons. The molecule has 3 N–H and O–H groups in total. The van der Waals surface area contributed by atoms with Gasteiger partial charge >= 0.3 is 5.97 Å². The Kier molecular flexibility index (Phi) is 4.87. The number of carbonyl (C=O) groups excluding carboxylic acids is 1. The van der Waals surface area contributed by atoms with Crippen molar-refractivity contribution in [3.8, 4) is 0 Å². The molecule has 0 saturated heterocycles. The standard InChI is InChI=1S/C16H20N2O3/c1-3-20-16(19)14-10-12(6-7-15(14)17)18-11(2)9-13-5-4-8-21-13/h4-8,10-11,18H,3,9,17H2,1-2H3. The Bertz CT molecular complexity index is 594. The van der Waals surface area contributed by atoms with E-state index in [2.05, 4.69) is 5.32 Å². The molecule has 0 spiro atoms. The molecule has 2 aromatic rings. The Morgan fingerprint density at radius 3 is 2.90 bits per heavy atom. The second kappa shape index (κ2) is 6.83. The highest BCUT2D eigenvalue weighted by Gasteiger charge is 2.13. The molecule has 21 heavy (non-hydrogen) atoms. The first kappa shape index (κ1) is 15.0. The molecule has 2 rings (SSSR count). The molecule has 0 fully saturated rings. The van der Waals surface area contributed by atoms with Crippen LogP contribution in [0.2, 0.25) is 0 Å². The van der Waals surface area contributed by atoms with Crippen molar-refractivity contribution in [1.82, 2.24) is 0 Å². The van der Waals surface area contributed by atoms with Crippen LogP contribution in [0.1, 0.15) is 30.0 Å². The van der Waals surface area contributed by atoms with E-state index in [1.54, 1.807) is 25.3 Å². The van der Waals surface area contributed by atoms with Crippen LogP contribution < -0.4 is 11.1 Å². The Morgan fingerprint density at radius 2 is 2.24 bits per heavy atom. The van der Waals surface area contributed by atoms with Crippen LogP contribution in [0, 0.1) is 0 Å². The zero-order valence-corrected chi connectivity index (χ0v) is 12.3. The van der Waals surface area contributed by atoms with Crippen molar-refractivity contribution < 1.29 is 13.9 Å². The van der Waals surface area contributed by atoms with Gasteiger partial charge in [0.1, 0.15) is 5.76 Å². The first-order valence-electron chi connectivity index (χ1n) is 6.95. The number of nitrogens with two attached hydrogens (primary N) is 1. The number of furan rings is 1. The summed E-state index contributed by atoms with van der Waals surface area (Å²) in [5.41, 5.74) is 7.44. The third-order valence-corrected chi connectivity index (χ3v) is 3.05. The topological polar surface area (TPSA) is 77.5 Å². The van der Waals surface area contributed by atoms with Gasteiger partial charge in [0.25, 0.3) is 0 Å². The van der Waals surface area contributed by atoms with E-state index < -0.39 is 5.97 Å². The van der Waals surface area contributed by atoms with Crippen LogP contribution in [0.25, 0.3) is 0 Å². The minimum absolute atomic E-state index is 0.162. The third kappa shape index (κ3) is 4.02. The summed E-state index contributed by atoms with van der Waals surface area (Å²) < 4.78 is 10.3. The molecule has 0 bridgehead atoms. The zero-order valence-electron chi connectivity index (χ0n) is 12.3. The highest BCUT2D eigenvalue weighted by atomic mass is 16.5. The maximum Gasteiger partial charge on any atom is 0.340 e. The van der Waals surface area contributed by atoms with Crippen molar-refractivity contribution in [1.29, 1.82) is 0 Å². The molecule has 0 radical (unpaired) electrons. The van der Waals surface area contributed by atoms with Crippen molar-refractivity contribution in [2.45, 2.75) is 26.3 Å². The molecule has 0 saturated carbocycles. The van der Waals surface area contributed by atoms with E-state index >= 15 is 0 Å². The summed E-state index contributed by atoms with van der Waals surface area (Å²) in [5, 5.41) is 3.32.